The smallest absolute Gasteiger partial charge is 0.244 e. The molecule has 0 radical (unpaired) electrons. The second-order valence-electron chi connectivity index (χ2n) is 1.81. The van der Waals surface area contributed by atoms with Crippen molar-refractivity contribution >= 4 is 28.8 Å². The minimum Gasteiger partial charge on any atom is -0.276 e. The number of rotatable bonds is 4. The van der Waals surface area contributed by atoms with E-state index < -0.39 is 5.24 Å². The SMILES string of the molecule is CN(C)SC/C=C/C(=O)Cl. The maximum atomic E-state index is 10.1. The topological polar surface area (TPSA) is 20.3 Å². The summed E-state index contributed by atoms with van der Waals surface area (Å²) in [5, 5.41) is -0.417. The zero-order valence-electron chi connectivity index (χ0n) is 6.00. The van der Waals surface area contributed by atoms with Crippen molar-refractivity contribution in [1.82, 2.24) is 4.31 Å². The molecule has 0 N–H and O–H groups in total. The van der Waals surface area contributed by atoms with Gasteiger partial charge in [0.2, 0.25) is 5.24 Å². The lowest BCUT2D eigenvalue weighted by Gasteiger charge is -2.03. The fourth-order valence-electron chi connectivity index (χ4n) is 0.333. The van der Waals surface area contributed by atoms with Crippen LogP contribution >= 0.6 is 23.5 Å². The molecule has 4 heteroatoms. The molecule has 0 aromatic carbocycles. The van der Waals surface area contributed by atoms with E-state index in [4.69, 9.17) is 11.6 Å². The van der Waals surface area contributed by atoms with Crippen LogP contribution < -0.4 is 0 Å². The molecule has 0 fully saturated rings. The Morgan fingerprint density at radius 3 is 2.70 bits per heavy atom. The van der Waals surface area contributed by atoms with Gasteiger partial charge in [0, 0.05) is 5.75 Å². The highest BCUT2D eigenvalue weighted by Crippen LogP contribution is 2.02. The van der Waals surface area contributed by atoms with Crippen LogP contribution in [-0.2, 0) is 4.79 Å². The molecule has 0 spiro atoms. The zero-order chi connectivity index (χ0) is 7.98. The summed E-state index contributed by atoms with van der Waals surface area (Å²) in [6.45, 7) is 0. The van der Waals surface area contributed by atoms with E-state index in [0.29, 0.717) is 0 Å². The molecule has 0 aromatic rings. The van der Waals surface area contributed by atoms with E-state index in [0.717, 1.165) is 5.75 Å². The van der Waals surface area contributed by atoms with Crippen molar-refractivity contribution in [2.24, 2.45) is 0 Å². The van der Waals surface area contributed by atoms with E-state index in [1.165, 1.54) is 6.08 Å². The molecule has 0 bridgehead atoms. The van der Waals surface area contributed by atoms with Gasteiger partial charge in [0.15, 0.2) is 0 Å². The van der Waals surface area contributed by atoms with Crippen LogP contribution in [0.1, 0.15) is 0 Å². The monoisotopic (exact) mass is 179 g/mol. The molecule has 0 heterocycles. The lowest BCUT2D eigenvalue weighted by atomic mass is 10.6. The van der Waals surface area contributed by atoms with Crippen molar-refractivity contribution in [2.45, 2.75) is 0 Å². The molecule has 0 rings (SSSR count). The number of halogens is 1. The van der Waals surface area contributed by atoms with E-state index in [9.17, 15) is 4.79 Å². The Kier molecular flexibility index (Phi) is 5.78. The molecule has 0 aromatic heterocycles. The van der Waals surface area contributed by atoms with Crippen LogP contribution in [0.2, 0.25) is 0 Å². The van der Waals surface area contributed by atoms with Gasteiger partial charge in [-0.05, 0) is 31.8 Å². The molecule has 0 aliphatic carbocycles. The van der Waals surface area contributed by atoms with Gasteiger partial charge in [0.1, 0.15) is 0 Å². The summed E-state index contributed by atoms with van der Waals surface area (Å²) in [5.41, 5.74) is 0. The lowest BCUT2D eigenvalue weighted by molar-refractivity contribution is -0.107. The number of hydrogen-bond acceptors (Lipinski definition) is 3. The minimum absolute atomic E-state index is 0.417. The molecule has 0 aliphatic heterocycles. The highest BCUT2D eigenvalue weighted by molar-refractivity contribution is 7.97. The zero-order valence-corrected chi connectivity index (χ0v) is 7.58. The quantitative estimate of drug-likeness (QED) is 0.371. The fourth-order valence-corrected chi connectivity index (χ4v) is 0.902. The van der Waals surface area contributed by atoms with Crippen LogP contribution in [0.3, 0.4) is 0 Å². The third-order valence-corrected chi connectivity index (χ3v) is 1.66. The number of carbonyl (C=O) groups is 1. The van der Waals surface area contributed by atoms with Crippen molar-refractivity contribution in [3.05, 3.63) is 12.2 Å². The normalized spacial score (nSPS) is 11.2. The first-order valence-electron chi connectivity index (χ1n) is 2.79. The molecule has 0 saturated carbocycles. The predicted molar refractivity (Wildman–Crippen MR) is 46.1 cm³/mol. The number of allylic oxidation sites excluding steroid dienone is 1. The van der Waals surface area contributed by atoms with Crippen LogP contribution in [0.5, 0.6) is 0 Å². The number of nitrogens with zero attached hydrogens (tertiary/aromatic N) is 1. The summed E-state index contributed by atoms with van der Waals surface area (Å²) in [5.74, 6) is 0.783. The number of carbonyl (C=O) groups excluding carboxylic acids is 1. The molecule has 0 amide bonds. The second-order valence-corrected chi connectivity index (χ2v) is 3.51. The summed E-state index contributed by atoms with van der Waals surface area (Å²) in [6.07, 6.45) is 3.10. The van der Waals surface area contributed by atoms with Gasteiger partial charge in [-0.15, -0.1) is 0 Å². The van der Waals surface area contributed by atoms with E-state index in [1.807, 2.05) is 18.4 Å². The summed E-state index contributed by atoms with van der Waals surface area (Å²) in [7, 11) is 3.89. The van der Waals surface area contributed by atoms with Gasteiger partial charge in [-0.3, -0.25) is 9.10 Å². The first-order valence-corrected chi connectivity index (χ1v) is 4.11. The molecule has 0 saturated heterocycles. The van der Waals surface area contributed by atoms with Gasteiger partial charge >= 0.3 is 0 Å². The van der Waals surface area contributed by atoms with Gasteiger partial charge in [-0.1, -0.05) is 18.0 Å². The maximum absolute atomic E-state index is 10.1. The second kappa shape index (κ2) is 5.77. The van der Waals surface area contributed by atoms with Crippen molar-refractivity contribution in [2.75, 3.05) is 19.8 Å². The molecule has 2 nitrogen and oxygen atoms in total. The van der Waals surface area contributed by atoms with Crippen molar-refractivity contribution in [3.8, 4) is 0 Å². The van der Waals surface area contributed by atoms with Crippen LogP contribution in [0.25, 0.3) is 0 Å². The maximum Gasteiger partial charge on any atom is 0.244 e. The molecule has 0 aliphatic rings. The Bertz CT molecular complexity index is 136. The van der Waals surface area contributed by atoms with Gasteiger partial charge in [0.05, 0.1) is 0 Å². The Hall–Kier alpha value is 0.01000. The number of hydrogen-bond donors (Lipinski definition) is 0. The Labute approximate surface area is 70.4 Å². The van der Waals surface area contributed by atoms with Crippen molar-refractivity contribution in [1.29, 1.82) is 0 Å². The lowest BCUT2D eigenvalue weighted by Crippen LogP contribution is -1.99. The Morgan fingerprint density at radius 2 is 2.30 bits per heavy atom. The molecular formula is C6H10ClNOS. The molecule has 0 unspecified atom stereocenters. The van der Waals surface area contributed by atoms with Crippen molar-refractivity contribution < 1.29 is 4.79 Å². The highest BCUT2D eigenvalue weighted by atomic mass is 35.5. The summed E-state index contributed by atoms with van der Waals surface area (Å²) >= 11 is 6.65. The standard InChI is InChI=1S/C6H10ClNOS/c1-8(2)10-5-3-4-6(7)9/h3-4H,5H2,1-2H3/b4-3+. The van der Waals surface area contributed by atoms with Crippen molar-refractivity contribution in [3.63, 3.8) is 0 Å². The Balaban J connectivity index is 3.27. The van der Waals surface area contributed by atoms with E-state index in [-0.39, 0.29) is 0 Å². The predicted octanol–water partition coefficient (Wildman–Crippen LogP) is 1.52. The average Bonchev–Trinajstić information content (AvgIpc) is 1.79. The molecular weight excluding hydrogens is 170 g/mol. The van der Waals surface area contributed by atoms with E-state index >= 15 is 0 Å². The van der Waals surface area contributed by atoms with E-state index in [1.54, 1.807) is 18.0 Å². The molecule has 0 atom stereocenters. The highest BCUT2D eigenvalue weighted by Gasteiger charge is 1.87. The third kappa shape index (κ3) is 8.01. The summed E-state index contributed by atoms with van der Waals surface area (Å²) in [4.78, 5) is 10.1. The summed E-state index contributed by atoms with van der Waals surface area (Å²) < 4.78 is 1.96. The molecule has 58 valence electrons. The van der Waals surface area contributed by atoms with Crippen LogP contribution in [-0.4, -0.2) is 29.4 Å². The van der Waals surface area contributed by atoms with Gasteiger partial charge < -0.3 is 0 Å². The first kappa shape index (κ1) is 10.0. The first-order chi connectivity index (χ1) is 4.63. The Morgan fingerprint density at radius 1 is 1.70 bits per heavy atom. The van der Waals surface area contributed by atoms with Gasteiger partial charge in [0.25, 0.3) is 0 Å². The van der Waals surface area contributed by atoms with Gasteiger partial charge in [-0.2, -0.15) is 0 Å². The molecule has 10 heavy (non-hydrogen) atoms. The van der Waals surface area contributed by atoms with E-state index in [2.05, 4.69) is 0 Å². The van der Waals surface area contributed by atoms with Gasteiger partial charge in [-0.25, -0.2) is 0 Å². The van der Waals surface area contributed by atoms with Crippen LogP contribution in [0.15, 0.2) is 12.2 Å². The third-order valence-electron chi connectivity index (χ3n) is 0.678. The fraction of sp³-hybridized carbons (Fsp3) is 0.500. The minimum atomic E-state index is -0.417. The van der Waals surface area contributed by atoms with Crippen LogP contribution in [0, 0.1) is 0 Å². The summed E-state index contributed by atoms with van der Waals surface area (Å²) in [6, 6.07) is 0. The van der Waals surface area contributed by atoms with Crippen LogP contribution in [0.4, 0.5) is 0 Å². The average molecular weight is 180 g/mol. The largest absolute Gasteiger partial charge is 0.276 e.